The van der Waals surface area contributed by atoms with Crippen LogP contribution in [0.1, 0.15) is 43.6 Å². The molecule has 310 valence electrons. The van der Waals surface area contributed by atoms with E-state index < -0.39 is 20.1 Å². The Kier molecular flexibility index (Phi) is 11.9. The third-order valence-electron chi connectivity index (χ3n) is 12.7. The van der Waals surface area contributed by atoms with Crippen LogP contribution in [0.3, 0.4) is 0 Å². The highest BCUT2D eigenvalue weighted by molar-refractivity contribution is 8.34. The van der Waals surface area contributed by atoms with Gasteiger partial charge in [-0.3, -0.25) is 0 Å². The highest BCUT2D eigenvalue weighted by Gasteiger charge is 2.35. The van der Waals surface area contributed by atoms with Crippen molar-refractivity contribution in [3.05, 3.63) is 260 Å². The van der Waals surface area contributed by atoms with Crippen LogP contribution in [0, 0.1) is 0 Å². The van der Waals surface area contributed by atoms with Gasteiger partial charge in [0.1, 0.15) is 0 Å². The van der Waals surface area contributed by atoms with E-state index in [4.69, 9.17) is 0 Å². The molecule has 63 heavy (non-hydrogen) atoms. The first-order chi connectivity index (χ1) is 31.3. The van der Waals surface area contributed by atoms with Crippen molar-refractivity contribution in [3.63, 3.8) is 0 Å². The average Bonchev–Trinajstić information content (AvgIpc) is 3.38. The summed E-state index contributed by atoms with van der Waals surface area (Å²) in [6.07, 6.45) is 6.59. The maximum absolute atomic E-state index is 2.45. The molecule has 0 N–H and O–H groups in total. The van der Waals surface area contributed by atoms with Crippen LogP contribution in [0.5, 0.6) is 0 Å². The summed E-state index contributed by atoms with van der Waals surface area (Å²) in [5.74, 6) is 0.648. The second-order valence-corrected chi connectivity index (χ2v) is 22.6. The second kappa shape index (κ2) is 18.4. The van der Waals surface area contributed by atoms with Gasteiger partial charge in [-0.25, -0.2) is 0 Å². The smallest absolute Gasteiger partial charge is 0.0462 e. The van der Waals surface area contributed by atoms with E-state index in [1.165, 1.54) is 76.8 Å². The Labute approximate surface area is 377 Å². The van der Waals surface area contributed by atoms with Crippen molar-refractivity contribution in [2.75, 3.05) is 4.90 Å². The minimum absolute atomic E-state index is 0.648. The van der Waals surface area contributed by atoms with Gasteiger partial charge in [-0.05, 0) is 158 Å². The maximum Gasteiger partial charge on any atom is 0.0462 e. The molecule has 0 aromatic heterocycles. The lowest BCUT2D eigenvalue weighted by Gasteiger charge is -2.42. The van der Waals surface area contributed by atoms with E-state index in [0.29, 0.717) is 5.92 Å². The van der Waals surface area contributed by atoms with Crippen molar-refractivity contribution < 1.29 is 0 Å². The summed E-state index contributed by atoms with van der Waals surface area (Å²) < 4.78 is 0. The molecule has 1 saturated carbocycles. The van der Waals surface area contributed by atoms with Gasteiger partial charge in [0.15, 0.2) is 0 Å². The molecule has 0 spiro atoms. The van der Waals surface area contributed by atoms with E-state index in [-0.39, 0.29) is 0 Å². The number of hydrogen-bond donors (Lipinski definition) is 0. The van der Waals surface area contributed by atoms with Crippen LogP contribution >= 0.6 is 20.1 Å². The summed E-state index contributed by atoms with van der Waals surface area (Å²) in [6.45, 7) is 0. The van der Waals surface area contributed by atoms with E-state index in [0.717, 1.165) is 17.1 Å². The Bertz CT molecular complexity index is 2450. The molecule has 1 aliphatic carbocycles. The van der Waals surface area contributed by atoms with E-state index in [2.05, 4.69) is 260 Å². The fraction of sp³-hybridized carbons (Fsp3) is 0.100. The topological polar surface area (TPSA) is 3.24 Å². The number of benzene rings is 9. The van der Waals surface area contributed by atoms with E-state index in [1.807, 2.05) is 0 Å². The fourth-order valence-corrected chi connectivity index (χ4v) is 17.5. The van der Waals surface area contributed by atoms with Gasteiger partial charge in [-0.1, -0.05) is 141 Å². The number of rotatable bonds is 12. The molecule has 0 radical (unpaired) electrons. The number of anilines is 3. The van der Waals surface area contributed by atoms with Gasteiger partial charge >= 0.3 is 0 Å². The predicted octanol–water partition coefficient (Wildman–Crippen LogP) is 17.9. The molecule has 10 rings (SSSR count). The van der Waals surface area contributed by atoms with Crippen molar-refractivity contribution in [2.24, 2.45) is 0 Å². The van der Waals surface area contributed by atoms with Gasteiger partial charge in [0, 0.05) is 56.2 Å². The van der Waals surface area contributed by atoms with Crippen molar-refractivity contribution in [1.29, 1.82) is 0 Å². The first-order valence-electron chi connectivity index (χ1n) is 22.3. The van der Waals surface area contributed by atoms with Gasteiger partial charge in [0.25, 0.3) is 0 Å². The van der Waals surface area contributed by atoms with Crippen molar-refractivity contribution in [1.82, 2.24) is 0 Å². The zero-order valence-electron chi connectivity index (χ0n) is 35.6. The molecule has 9 aromatic carbocycles. The van der Waals surface area contributed by atoms with Crippen LogP contribution in [-0.4, -0.2) is 0 Å². The molecular formula is C60H53NS2. The Balaban J connectivity index is 1.13. The highest BCUT2D eigenvalue weighted by atomic mass is 32.3. The van der Waals surface area contributed by atoms with Crippen LogP contribution in [-0.2, 0) is 0 Å². The van der Waals surface area contributed by atoms with Gasteiger partial charge in [-0.2, -0.15) is 0 Å². The lowest BCUT2D eigenvalue weighted by molar-refractivity contribution is 0.443. The van der Waals surface area contributed by atoms with Gasteiger partial charge < -0.3 is 4.90 Å². The lowest BCUT2D eigenvalue weighted by atomic mass is 9.84. The molecular weight excluding hydrogens is 799 g/mol. The molecule has 0 amide bonds. The standard InChI is InChI=1S/C60H53NS2/c1-8-22-48(23-9-1)49-36-38-50(39-37-49)61(51-40-44-59(45-41-51)62(53-24-10-2-11-25-53,54-26-12-3-13-27-54)55-28-14-4-15-29-55)52-42-46-60(47-43-52)63(56-30-16-5-17-31-56,57-32-18-6-19-33-57)58-34-20-7-21-35-58/h2-7,10-21,24-48H,1,8-9,22-23H2. The molecule has 1 aliphatic rings. The quantitative estimate of drug-likeness (QED) is 0.118. The van der Waals surface area contributed by atoms with E-state index >= 15 is 0 Å². The molecule has 0 saturated heterocycles. The average molecular weight is 852 g/mol. The maximum atomic E-state index is 2.45. The summed E-state index contributed by atoms with van der Waals surface area (Å²) in [4.78, 5) is 13.0. The molecule has 0 aliphatic heterocycles. The molecule has 9 aromatic rings. The number of hydrogen-bond acceptors (Lipinski definition) is 1. The molecule has 1 nitrogen and oxygen atoms in total. The van der Waals surface area contributed by atoms with Gasteiger partial charge in [-0.15, -0.1) is 20.1 Å². The molecule has 0 heterocycles. The summed E-state index contributed by atoms with van der Waals surface area (Å²) in [5, 5.41) is 0. The zero-order valence-corrected chi connectivity index (χ0v) is 37.3. The fourth-order valence-electron chi connectivity index (χ4n) is 9.76. The molecule has 1 fully saturated rings. The molecule has 0 atom stereocenters. The SMILES string of the molecule is c1ccc(S(c2ccccc2)(c2ccccc2)c2ccc(N(c3ccc(C4CCCCC4)cc3)c3ccc(S(c4ccccc4)(c4ccccc4)c4ccccc4)cc3)cc2)cc1. The minimum atomic E-state index is -1.82. The first-order valence-corrected chi connectivity index (χ1v) is 25.6. The van der Waals surface area contributed by atoms with Crippen molar-refractivity contribution in [3.8, 4) is 0 Å². The van der Waals surface area contributed by atoms with E-state index in [1.54, 1.807) is 0 Å². The summed E-state index contributed by atoms with van der Waals surface area (Å²) in [7, 11) is -3.64. The Morgan fingerprint density at radius 2 is 0.492 bits per heavy atom. The van der Waals surface area contributed by atoms with Gasteiger partial charge in [0.2, 0.25) is 0 Å². The summed E-state index contributed by atoms with van der Waals surface area (Å²) >= 11 is 0. The van der Waals surface area contributed by atoms with E-state index in [9.17, 15) is 0 Å². The first kappa shape index (κ1) is 40.5. The largest absolute Gasteiger partial charge is 0.311 e. The monoisotopic (exact) mass is 851 g/mol. The normalized spacial score (nSPS) is 13.8. The third-order valence-corrected chi connectivity index (χ3v) is 20.5. The molecule has 0 bridgehead atoms. The van der Waals surface area contributed by atoms with Crippen LogP contribution < -0.4 is 4.90 Å². The summed E-state index contributed by atoms with van der Waals surface area (Å²) in [6, 6.07) is 95.2. The lowest BCUT2D eigenvalue weighted by Crippen LogP contribution is -2.12. The van der Waals surface area contributed by atoms with Crippen LogP contribution in [0.25, 0.3) is 0 Å². The Morgan fingerprint density at radius 1 is 0.254 bits per heavy atom. The zero-order chi connectivity index (χ0) is 42.3. The summed E-state index contributed by atoms with van der Waals surface area (Å²) in [5.41, 5.74) is 4.89. The Hall–Kier alpha value is -6.52. The second-order valence-electron chi connectivity index (χ2n) is 16.4. The predicted molar refractivity (Wildman–Crippen MR) is 267 cm³/mol. The van der Waals surface area contributed by atoms with Crippen LogP contribution in [0.4, 0.5) is 17.1 Å². The van der Waals surface area contributed by atoms with Crippen molar-refractivity contribution in [2.45, 2.75) is 77.2 Å². The van der Waals surface area contributed by atoms with Crippen LogP contribution in [0.2, 0.25) is 0 Å². The molecule has 0 unspecified atom stereocenters. The third kappa shape index (κ3) is 7.71. The van der Waals surface area contributed by atoms with Gasteiger partial charge in [0.05, 0.1) is 0 Å². The Morgan fingerprint density at radius 3 is 0.762 bits per heavy atom. The minimum Gasteiger partial charge on any atom is -0.311 e. The molecule has 3 heteroatoms. The number of nitrogens with zero attached hydrogens (tertiary/aromatic N) is 1. The van der Waals surface area contributed by atoms with Crippen LogP contribution in [0.15, 0.2) is 294 Å². The van der Waals surface area contributed by atoms with Crippen molar-refractivity contribution >= 4 is 37.1 Å². The highest BCUT2D eigenvalue weighted by Crippen LogP contribution is 2.74.